The lowest BCUT2D eigenvalue weighted by Gasteiger charge is -2.19. The minimum absolute atomic E-state index is 0.0970. The van der Waals surface area contributed by atoms with Gasteiger partial charge in [-0.15, -0.1) is 0 Å². The number of esters is 1. The van der Waals surface area contributed by atoms with Crippen LogP contribution in [0.25, 0.3) is 0 Å². The highest BCUT2D eigenvalue weighted by molar-refractivity contribution is 7.47. The largest absolute Gasteiger partial charge is 0.472 e. The van der Waals surface area contributed by atoms with Gasteiger partial charge in [0.15, 0.2) is 0 Å². The van der Waals surface area contributed by atoms with Crippen LogP contribution in [0, 0.1) is 0 Å². The molecule has 0 rings (SSSR count). The zero-order valence-corrected chi connectivity index (χ0v) is 28.1. The van der Waals surface area contributed by atoms with Gasteiger partial charge in [0, 0.05) is 20.1 Å². The molecule has 2 unspecified atom stereocenters. The van der Waals surface area contributed by atoms with Gasteiger partial charge in [-0.2, -0.15) is 0 Å². The second-order valence-electron chi connectivity index (χ2n) is 11.5. The molecular formula is C33H66NO7P. The highest BCUT2D eigenvalue weighted by Crippen LogP contribution is 2.43. The number of rotatable bonds is 33. The molecule has 42 heavy (non-hydrogen) atoms. The lowest BCUT2D eigenvalue weighted by atomic mass is 10.0. The third kappa shape index (κ3) is 32.2. The molecule has 0 aliphatic rings. The number of hydrogen-bond donors (Lipinski definition) is 2. The molecule has 2 atom stereocenters. The molecule has 250 valence electrons. The number of unbranched alkanes of at least 4 members (excludes halogenated alkanes) is 20. The number of carbonyl (C=O) groups excluding carboxylic acids is 1. The van der Waals surface area contributed by atoms with Crippen molar-refractivity contribution in [1.29, 1.82) is 0 Å². The topological polar surface area (TPSA) is 117 Å². The van der Waals surface area contributed by atoms with Gasteiger partial charge < -0.3 is 20.1 Å². The summed E-state index contributed by atoms with van der Waals surface area (Å²) in [6.45, 7) is 3.92. The quantitative estimate of drug-likeness (QED) is 0.0323. The van der Waals surface area contributed by atoms with E-state index in [4.69, 9.17) is 19.7 Å². The van der Waals surface area contributed by atoms with Crippen molar-refractivity contribution in [1.82, 2.24) is 0 Å². The van der Waals surface area contributed by atoms with E-state index in [2.05, 4.69) is 23.6 Å². The maximum atomic E-state index is 11.7. The van der Waals surface area contributed by atoms with Crippen LogP contribution in [0.15, 0.2) is 12.2 Å². The van der Waals surface area contributed by atoms with Crippen LogP contribution in [-0.4, -0.2) is 49.9 Å². The maximum absolute atomic E-state index is 11.7. The molecule has 0 saturated carbocycles. The van der Waals surface area contributed by atoms with Crippen LogP contribution >= 0.6 is 7.82 Å². The minimum Gasteiger partial charge on any atom is -0.458 e. The fourth-order valence-electron chi connectivity index (χ4n) is 4.81. The van der Waals surface area contributed by atoms with Gasteiger partial charge in [-0.05, 0) is 32.1 Å². The van der Waals surface area contributed by atoms with E-state index < -0.39 is 19.9 Å². The van der Waals surface area contributed by atoms with E-state index >= 15 is 0 Å². The third-order valence-corrected chi connectivity index (χ3v) is 8.22. The Kier molecular flexibility index (Phi) is 31.1. The first-order valence-corrected chi connectivity index (χ1v) is 18.6. The summed E-state index contributed by atoms with van der Waals surface area (Å²) < 4.78 is 32.0. The van der Waals surface area contributed by atoms with E-state index in [1.807, 2.05) is 0 Å². The Morgan fingerprint density at radius 3 is 1.60 bits per heavy atom. The van der Waals surface area contributed by atoms with Gasteiger partial charge in [0.25, 0.3) is 0 Å². The summed E-state index contributed by atoms with van der Waals surface area (Å²) in [6.07, 6.45) is 33.0. The Labute approximate surface area is 258 Å². The highest BCUT2D eigenvalue weighted by Gasteiger charge is 2.24. The Balaban J connectivity index is 3.46. The summed E-state index contributed by atoms with van der Waals surface area (Å²) in [4.78, 5) is 20.9. The molecule has 0 aromatic carbocycles. The Hall–Kier alpha value is -0.760. The first-order valence-electron chi connectivity index (χ1n) is 17.1. The van der Waals surface area contributed by atoms with Gasteiger partial charge in [-0.1, -0.05) is 128 Å². The summed E-state index contributed by atoms with van der Waals surface area (Å²) in [5.74, 6) is -0.505. The molecular weight excluding hydrogens is 553 g/mol. The predicted octanol–water partition coefficient (Wildman–Crippen LogP) is 9.19. The van der Waals surface area contributed by atoms with Crippen molar-refractivity contribution in [3.8, 4) is 0 Å². The summed E-state index contributed by atoms with van der Waals surface area (Å²) in [7, 11) is -4.22. The van der Waals surface area contributed by atoms with Crippen molar-refractivity contribution in [2.45, 2.75) is 161 Å². The van der Waals surface area contributed by atoms with Gasteiger partial charge in [0.1, 0.15) is 6.10 Å². The molecule has 0 heterocycles. The molecule has 0 aromatic heterocycles. The predicted molar refractivity (Wildman–Crippen MR) is 174 cm³/mol. The number of carbonyl (C=O) groups is 1. The molecule has 0 aromatic rings. The molecule has 8 nitrogen and oxygen atoms in total. The molecule has 9 heteroatoms. The van der Waals surface area contributed by atoms with Crippen LogP contribution in [0.3, 0.4) is 0 Å². The van der Waals surface area contributed by atoms with E-state index in [0.717, 1.165) is 12.8 Å². The summed E-state index contributed by atoms with van der Waals surface area (Å²) >= 11 is 0. The Morgan fingerprint density at radius 2 is 1.14 bits per heavy atom. The SMILES string of the molecule is CCCCCCCCCC/C=C\CCCCCCCCCCCCCCOCC(COP(=O)(O)OCCN)OC(C)=O. The van der Waals surface area contributed by atoms with Crippen molar-refractivity contribution < 1.29 is 32.8 Å². The van der Waals surface area contributed by atoms with Crippen LogP contribution in [0.4, 0.5) is 0 Å². The molecule has 0 bridgehead atoms. The number of phosphoric acid groups is 1. The fourth-order valence-corrected chi connectivity index (χ4v) is 5.58. The van der Waals surface area contributed by atoms with Gasteiger partial charge in [0.05, 0.1) is 19.8 Å². The van der Waals surface area contributed by atoms with E-state index in [9.17, 15) is 14.3 Å². The molecule has 0 amide bonds. The van der Waals surface area contributed by atoms with E-state index in [1.165, 1.54) is 135 Å². The lowest BCUT2D eigenvalue weighted by molar-refractivity contribution is -0.151. The number of hydrogen-bond acceptors (Lipinski definition) is 7. The summed E-state index contributed by atoms with van der Waals surface area (Å²) in [5.41, 5.74) is 5.25. The second-order valence-corrected chi connectivity index (χ2v) is 12.9. The van der Waals surface area contributed by atoms with Crippen molar-refractivity contribution in [2.75, 3.05) is 33.0 Å². The Morgan fingerprint density at radius 1 is 0.690 bits per heavy atom. The molecule has 0 saturated heterocycles. The number of nitrogens with two attached hydrogens (primary N) is 1. The molecule has 0 aliphatic carbocycles. The second kappa shape index (κ2) is 31.7. The highest BCUT2D eigenvalue weighted by atomic mass is 31.2. The van der Waals surface area contributed by atoms with Crippen molar-refractivity contribution >= 4 is 13.8 Å². The zero-order chi connectivity index (χ0) is 31.0. The van der Waals surface area contributed by atoms with Crippen LogP contribution in [-0.2, 0) is 27.9 Å². The number of phosphoric ester groups is 1. The smallest absolute Gasteiger partial charge is 0.458 e. The van der Waals surface area contributed by atoms with Crippen LogP contribution in [0.5, 0.6) is 0 Å². The molecule has 0 spiro atoms. The summed E-state index contributed by atoms with van der Waals surface area (Å²) in [6, 6.07) is 0. The molecule has 3 N–H and O–H groups in total. The van der Waals surface area contributed by atoms with Gasteiger partial charge in [-0.25, -0.2) is 4.57 Å². The summed E-state index contributed by atoms with van der Waals surface area (Å²) in [5, 5.41) is 0. The minimum atomic E-state index is -4.22. The fraction of sp³-hybridized carbons (Fsp3) is 0.909. The van der Waals surface area contributed by atoms with E-state index in [0.29, 0.717) is 6.61 Å². The number of allylic oxidation sites excluding steroid dienone is 2. The normalized spacial score (nSPS) is 13.9. The van der Waals surface area contributed by atoms with Crippen LogP contribution < -0.4 is 5.73 Å². The monoisotopic (exact) mass is 619 g/mol. The first-order chi connectivity index (χ1) is 20.4. The van der Waals surface area contributed by atoms with Crippen LogP contribution in [0.1, 0.15) is 155 Å². The lowest BCUT2D eigenvalue weighted by Crippen LogP contribution is -2.27. The van der Waals surface area contributed by atoms with E-state index in [-0.39, 0.29) is 26.4 Å². The van der Waals surface area contributed by atoms with Crippen molar-refractivity contribution in [3.63, 3.8) is 0 Å². The Bertz CT molecular complexity index is 662. The number of ether oxygens (including phenoxy) is 2. The zero-order valence-electron chi connectivity index (χ0n) is 27.2. The molecule has 0 radical (unpaired) electrons. The van der Waals surface area contributed by atoms with Crippen LogP contribution in [0.2, 0.25) is 0 Å². The third-order valence-electron chi connectivity index (χ3n) is 7.23. The standard InChI is InChI=1S/C33H66NO7P/c1-3-4-5-6-7-8-9-10-11-12-13-14-15-16-17-18-19-20-21-22-23-24-25-26-28-38-30-33(41-32(2)35)31-40-42(36,37)39-29-27-34/h12-13,33H,3-11,14-31,34H2,1-2H3,(H,36,37)/b13-12-. The van der Waals surface area contributed by atoms with E-state index in [1.54, 1.807) is 0 Å². The van der Waals surface area contributed by atoms with Crippen molar-refractivity contribution in [3.05, 3.63) is 12.2 Å². The first kappa shape index (κ1) is 41.2. The average Bonchev–Trinajstić information content (AvgIpc) is 2.96. The molecule has 0 fully saturated rings. The van der Waals surface area contributed by atoms with Gasteiger partial charge in [0.2, 0.25) is 0 Å². The molecule has 0 aliphatic heterocycles. The van der Waals surface area contributed by atoms with Gasteiger partial charge in [-0.3, -0.25) is 13.8 Å². The maximum Gasteiger partial charge on any atom is 0.472 e. The average molecular weight is 620 g/mol. The van der Waals surface area contributed by atoms with Crippen molar-refractivity contribution in [2.24, 2.45) is 5.73 Å². The van der Waals surface area contributed by atoms with Gasteiger partial charge >= 0.3 is 13.8 Å².